The molecule has 0 amide bonds. The first-order chi connectivity index (χ1) is 12.6. The maximum Gasteiger partial charge on any atom is 0.394 e. The van der Waals surface area contributed by atoms with Crippen LogP contribution in [0, 0.1) is 0 Å². The van der Waals surface area contributed by atoms with Crippen LogP contribution < -0.4 is 5.32 Å². The van der Waals surface area contributed by atoms with Crippen molar-refractivity contribution in [2.45, 2.75) is 129 Å². The van der Waals surface area contributed by atoms with Gasteiger partial charge in [0.1, 0.15) is 0 Å². The van der Waals surface area contributed by atoms with E-state index < -0.39 is 10.4 Å². The summed E-state index contributed by atoms with van der Waals surface area (Å²) in [6, 6.07) is 0. The first kappa shape index (κ1) is 29.0. The highest BCUT2D eigenvalue weighted by molar-refractivity contribution is 7.79. The van der Waals surface area contributed by atoms with Gasteiger partial charge in [-0.05, 0) is 27.3 Å². The van der Waals surface area contributed by atoms with E-state index in [1.165, 1.54) is 103 Å². The molecule has 6 heteroatoms. The van der Waals surface area contributed by atoms with Crippen LogP contribution in [0.15, 0.2) is 0 Å². The Hall–Kier alpha value is -0.170. The molecule has 0 atom stereocenters. The number of hydrogen-bond donors (Lipinski definition) is 3. The summed E-state index contributed by atoms with van der Waals surface area (Å²) in [7, 11) is -2.59. The van der Waals surface area contributed by atoms with Crippen molar-refractivity contribution in [1.82, 2.24) is 5.32 Å². The molecule has 166 valence electrons. The average Bonchev–Trinajstić information content (AvgIpc) is 2.57. The minimum absolute atomic E-state index is 0.330. The van der Waals surface area contributed by atoms with Crippen LogP contribution >= 0.6 is 0 Å². The summed E-state index contributed by atoms with van der Waals surface area (Å²) < 4.78 is 31.6. The summed E-state index contributed by atoms with van der Waals surface area (Å²) in [5.41, 5.74) is 0.330. The van der Waals surface area contributed by atoms with Crippen molar-refractivity contribution in [1.29, 1.82) is 0 Å². The Kier molecular flexibility index (Phi) is 20.6. The lowest BCUT2D eigenvalue weighted by Crippen LogP contribution is -2.35. The molecule has 0 fully saturated rings. The van der Waals surface area contributed by atoms with Gasteiger partial charge in [-0.1, -0.05) is 103 Å². The van der Waals surface area contributed by atoms with Crippen LogP contribution in [0.25, 0.3) is 0 Å². The Balaban J connectivity index is 0. The van der Waals surface area contributed by atoms with Crippen molar-refractivity contribution >= 4 is 10.4 Å². The van der Waals surface area contributed by atoms with Crippen LogP contribution in [-0.4, -0.2) is 30.1 Å². The van der Waals surface area contributed by atoms with Crippen LogP contribution in [0.5, 0.6) is 0 Å². The van der Waals surface area contributed by atoms with Crippen molar-refractivity contribution in [3.63, 3.8) is 0 Å². The highest BCUT2D eigenvalue weighted by Crippen LogP contribution is 2.16. The zero-order valence-corrected chi connectivity index (χ0v) is 19.2. The predicted octanol–water partition coefficient (Wildman–Crippen LogP) is 6.59. The van der Waals surface area contributed by atoms with Gasteiger partial charge < -0.3 is 5.32 Å². The zero-order valence-electron chi connectivity index (χ0n) is 18.4. The number of nitrogens with one attached hydrogen (secondary N) is 1. The predicted molar refractivity (Wildman–Crippen MR) is 117 cm³/mol. The molecule has 3 N–H and O–H groups in total. The molecule has 0 saturated heterocycles. The molecule has 27 heavy (non-hydrogen) atoms. The van der Waals surface area contributed by atoms with Gasteiger partial charge in [-0.2, -0.15) is 8.42 Å². The van der Waals surface area contributed by atoms with Gasteiger partial charge in [0.2, 0.25) is 0 Å². The smallest absolute Gasteiger partial charge is 0.315 e. The first-order valence-corrected chi connectivity index (χ1v) is 12.4. The fourth-order valence-electron chi connectivity index (χ4n) is 3.06. The van der Waals surface area contributed by atoms with E-state index >= 15 is 0 Å². The monoisotopic (exact) mass is 409 g/mol. The van der Waals surface area contributed by atoms with E-state index in [9.17, 15) is 0 Å². The second-order valence-corrected chi connectivity index (χ2v) is 9.18. The lowest BCUT2D eigenvalue weighted by Gasteiger charge is -2.23. The molecule has 0 aliphatic heterocycles. The Labute approximate surface area is 169 Å². The summed E-state index contributed by atoms with van der Waals surface area (Å²) in [5, 5.41) is 3.39. The zero-order chi connectivity index (χ0) is 21.0. The van der Waals surface area contributed by atoms with Gasteiger partial charge in [0.15, 0.2) is 0 Å². The van der Waals surface area contributed by atoms with Crippen molar-refractivity contribution in [2.24, 2.45) is 0 Å². The molecule has 0 saturated carbocycles. The third-order valence-electron chi connectivity index (χ3n) is 5.08. The third-order valence-corrected chi connectivity index (χ3v) is 5.08. The van der Waals surface area contributed by atoms with E-state index in [0.29, 0.717) is 5.54 Å². The molecule has 0 bridgehead atoms. The summed E-state index contributed by atoms with van der Waals surface area (Å²) in [5.74, 6) is 0. The molecule has 0 aromatic heterocycles. The van der Waals surface area contributed by atoms with E-state index in [-0.39, 0.29) is 0 Å². The molecule has 0 heterocycles. The molecule has 0 aromatic rings. The minimum Gasteiger partial charge on any atom is -0.315 e. The molecule has 0 unspecified atom stereocenters. The molecule has 0 spiro atoms. The lowest BCUT2D eigenvalue weighted by molar-refractivity contribution is 0.373. The van der Waals surface area contributed by atoms with E-state index in [4.69, 9.17) is 17.5 Å². The van der Waals surface area contributed by atoms with Crippen LogP contribution in [-0.2, 0) is 10.4 Å². The Morgan fingerprint density at radius 3 is 1.19 bits per heavy atom. The molecular weight excluding hydrogens is 362 g/mol. The Morgan fingerprint density at radius 1 is 0.667 bits per heavy atom. The standard InChI is InChI=1S/C21H45N.H2O4S/c1-5-6-7-8-9-10-11-12-13-14-15-16-17-18-19-20-21(2,3)22-4;1-5(2,3)4/h22H,5-20H2,1-4H3;(H2,1,2,3,4). The fraction of sp³-hybridized carbons (Fsp3) is 1.00. The molecule has 0 aliphatic carbocycles. The second-order valence-electron chi connectivity index (χ2n) is 8.28. The Morgan fingerprint density at radius 2 is 0.926 bits per heavy atom. The Bertz CT molecular complexity index is 389. The van der Waals surface area contributed by atoms with Crippen LogP contribution in [0.4, 0.5) is 0 Å². The molecule has 0 aliphatic rings. The highest BCUT2D eigenvalue weighted by Gasteiger charge is 2.12. The van der Waals surface area contributed by atoms with Gasteiger partial charge >= 0.3 is 10.4 Å². The number of rotatable bonds is 17. The second kappa shape index (κ2) is 19.2. The van der Waals surface area contributed by atoms with E-state index in [2.05, 4.69) is 33.1 Å². The van der Waals surface area contributed by atoms with Gasteiger partial charge in [0.25, 0.3) is 0 Å². The van der Waals surface area contributed by atoms with Crippen molar-refractivity contribution in [2.75, 3.05) is 7.05 Å². The topological polar surface area (TPSA) is 86.6 Å². The van der Waals surface area contributed by atoms with Crippen LogP contribution in [0.1, 0.15) is 124 Å². The van der Waals surface area contributed by atoms with Crippen LogP contribution in [0.3, 0.4) is 0 Å². The highest BCUT2D eigenvalue weighted by atomic mass is 32.3. The van der Waals surface area contributed by atoms with Gasteiger partial charge in [0.05, 0.1) is 0 Å². The molecule has 0 rings (SSSR count). The maximum atomic E-state index is 8.74. The fourth-order valence-corrected chi connectivity index (χ4v) is 3.06. The molecule has 0 aromatic carbocycles. The molecule has 0 radical (unpaired) electrons. The average molecular weight is 410 g/mol. The molecule has 5 nitrogen and oxygen atoms in total. The quantitative estimate of drug-likeness (QED) is 0.186. The van der Waals surface area contributed by atoms with E-state index in [1.54, 1.807) is 0 Å². The molecular formula is C21H47NO4S. The van der Waals surface area contributed by atoms with Crippen LogP contribution in [0.2, 0.25) is 0 Å². The summed E-state index contributed by atoms with van der Waals surface area (Å²) in [6.07, 6.45) is 23.1. The lowest BCUT2D eigenvalue weighted by atomic mass is 9.96. The largest absolute Gasteiger partial charge is 0.394 e. The maximum absolute atomic E-state index is 8.74. The number of unbranched alkanes of at least 4 members (excludes halogenated alkanes) is 14. The normalized spacial score (nSPS) is 11.9. The van der Waals surface area contributed by atoms with Gasteiger partial charge in [-0.3, -0.25) is 9.11 Å². The summed E-state index contributed by atoms with van der Waals surface area (Å²) >= 11 is 0. The summed E-state index contributed by atoms with van der Waals surface area (Å²) in [6.45, 7) is 6.90. The first-order valence-electron chi connectivity index (χ1n) is 11.0. The van der Waals surface area contributed by atoms with E-state index in [0.717, 1.165) is 0 Å². The third kappa shape index (κ3) is 33.8. The van der Waals surface area contributed by atoms with Gasteiger partial charge in [0, 0.05) is 5.54 Å². The summed E-state index contributed by atoms with van der Waals surface area (Å²) in [4.78, 5) is 0. The minimum atomic E-state index is -4.67. The van der Waals surface area contributed by atoms with Gasteiger partial charge in [-0.25, -0.2) is 0 Å². The number of hydrogen-bond acceptors (Lipinski definition) is 3. The van der Waals surface area contributed by atoms with Gasteiger partial charge in [-0.15, -0.1) is 0 Å². The van der Waals surface area contributed by atoms with Crippen molar-refractivity contribution in [3.8, 4) is 0 Å². The SMILES string of the molecule is CCCCCCCCCCCCCCCCCC(C)(C)NC.O=S(=O)(O)O. The van der Waals surface area contributed by atoms with Crippen molar-refractivity contribution < 1.29 is 17.5 Å². The van der Waals surface area contributed by atoms with E-state index in [1.807, 2.05) is 0 Å². The van der Waals surface area contributed by atoms with Crippen molar-refractivity contribution in [3.05, 3.63) is 0 Å².